The van der Waals surface area contributed by atoms with E-state index in [0.29, 0.717) is 19.0 Å². The molecule has 8 heteroatoms. The molecule has 1 aromatic carbocycles. The fraction of sp³-hybridized carbons (Fsp3) is 0.571. The van der Waals surface area contributed by atoms with Crippen molar-refractivity contribution in [1.29, 1.82) is 0 Å². The molecule has 4 aliphatic rings. The number of piperazine rings is 1. The summed E-state index contributed by atoms with van der Waals surface area (Å²) in [7, 11) is 0. The number of hydrogen-bond acceptors (Lipinski definition) is 6. The second-order valence-electron chi connectivity index (χ2n) is 8.48. The van der Waals surface area contributed by atoms with Gasteiger partial charge in [-0.1, -0.05) is 18.2 Å². The molecule has 3 saturated heterocycles. The van der Waals surface area contributed by atoms with Crippen molar-refractivity contribution in [1.82, 2.24) is 25.3 Å². The first-order valence-electron chi connectivity index (χ1n) is 10.5. The van der Waals surface area contributed by atoms with Crippen molar-refractivity contribution in [2.24, 2.45) is 0 Å². The van der Waals surface area contributed by atoms with Crippen LogP contribution in [-0.2, 0) is 22.7 Å². The average molecular weight is 397 g/mol. The van der Waals surface area contributed by atoms with Crippen LogP contribution in [0.2, 0.25) is 0 Å². The highest BCUT2D eigenvalue weighted by Gasteiger charge is 2.40. The lowest BCUT2D eigenvalue weighted by Gasteiger charge is -2.43. The summed E-state index contributed by atoms with van der Waals surface area (Å²) in [6.07, 6.45) is 0.682. The summed E-state index contributed by atoms with van der Waals surface area (Å²) >= 11 is 0. The maximum atomic E-state index is 13.2. The Bertz CT molecular complexity index is 845. The molecule has 5 rings (SSSR count). The molecule has 154 valence electrons. The Hall–Kier alpha value is -2.29. The van der Waals surface area contributed by atoms with E-state index in [1.165, 1.54) is 0 Å². The van der Waals surface area contributed by atoms with E-state index >= 15 is 0 Å². The lowest BCUT2D eigenvalue weighted by Crippen LogP contribution is -2.61. The molecule has 3 amide bonds. The molecule has 0 radical (unpaired) electrons. The number of hydrogen-bond donors (Lipinski definition) is 2. The molecule has 0 saturated carbocycles. The maximum Gasteiger partial charge on any atom is 0.255 e. The first-order chi connectivity index (χ1) is 14.1. The van der Waals surface area contributed by atoms with Gasteiger partial charge < -0.3 is 10.2 Å². The van der Waals surface area contributed by atoms with Crippen LogP contribution in [-0.4, -0.2) is 83.8 Å². The predicted molar refractivity (Wildman–Crippen MR) is 106 cm³/mol. The van der Waals surface area contributed by atoms with E-state index < -0.39 is 6.04 Å². The third kappa shape index (κ3) is 3.45. The molecule has 1 atom stereocenters. The highest BCUT2D eigenvalue weighted by atomic mass is 16.2. The Morgan fingerprint density at radius 1 is 1.03 bits per heavy atom. The first-order valence-corrected chi connectivity index (χ1v) is 10.5. The smallest absolute Gasteiger partial charge is 0.255 e. The zero-order valence-corrected chi connectivity index (χ0v) is 16.5. The highest BCUT2D eigenvalue weighted by Crippen LogP contribution is 2.30. The van der Waals surface area contributed by atoms with Gasteiger partial charge in [-0.25, -0.2) is 0 Å². The molecule has 0 bridgehead atoms. The summed E-state index contributed by atoms with van der Waals surface area (Å²) in [5, 5.41) is 5.70. The quantitative estimate of drug-likeness (QED) is 0.669. The van der Waals surface area contributed by atoms with E-state index in [-0.39, 0.29) is 24.1 Å². The third-order valence-electron chi connectivity index (χ3n) is 6.72. The molecular formula is C21H27N5O3. The molecule has 2 N–H and O–H groups in total. The summed E-state index contributed by atoms with van der Waals surface area (Å²) in [5.74, 6) is -0.692. The molecule has 4 aliphatic heterocycles. The fourth-order valence-electron chi connectivity index (χ4n) is 4.88. The Balaban J connectivity index is 1.28. The van der Waals surface area contributed by atoms with Gasteiger partial charge in [0.1, 0.15) is 6.04 Å². The highest BCUT2D eigenvalue weighted by molar-refractivity contribution is 6.05. The van der Waals surface area contributed by atoms with Crippen LogP contribution in [0, 0.1) is 0 Å². The van der Waals surface area contributed by atoms with Gasteiger partial charge >= 0.3 is 0 Å². The van der Waals surface area contributed by atoms with Crippen LogP contribution in [0.15, 0.2) is 18.2 Å². The van der Waals surface area contributed by atoms with Crippen LogP contribution in [0.3, 0.4) is 0 Å². The summed E-state index contributed by atoms with van der Waals surface area (Å²) in [6.45, 7) is 7.53. The van der Waals surface area contributed by atoms with E-state index in [2.05, 4.69) is 20.4 Å². The number of piperidine rings is 1. The van der Waals surface area contributed by atoms with Crippen LogP contribution in [0.1, 0.15) is 34.3 Å². The number of nitrogens with zero attached hydrogens (tertiary/aromatic N) is 3. The molecule has 0 spiro atoms. The number of rotatable bonds is 4. The summed E-state index contributed by atoms with van der Waals surface area (Å²) in [4.78, 5) is 43.5. The minimum absolute atomic E-state index is 0.0794. The Kier molecular flexibility index (Phi) is 4.85. The van der Waals surface area contributed by atoms with Crippen LogP contribution < -0.4 is 10.6 Å². The average Bonchev–Trinajstić information content (AvgIpc) is 2.99. The van der Waals surface area contributed by atoms with Crippen molar-refractivity contribution in [2.75, 3.05) is 39.3 Å². The van der Waals surface area contributed by atoms with Crippen molar-refractivity contribution < 1.29 is 14.4 Å². The van der Waals surface area contributed by atoms with Crippen molar-refractivity contribution >= 4 is 17.7 Å². The number of carbonyl (C=O) groups is 3. The number of nitrogens with one attached hydrogen (secondary N) is 2. The molecule has 0 aromatic heterocycles. The second-order valence-corrected chi connectivity index (χ2v) is 8.48. The standard InChI is InChI=1S/C21H27N5O3/c27-18-5-4-17(20(28)23-18)26-13-15-3-1-2-14(19(15)21(26)29)12-24-6-8-25(9-7-24)16-10-22-11-16/h1-3,16-17,22H,4-13H2,(H,23,27,28). The van der Waals surface area contributed by atoms with Crippen LogP contribution >= 0.6 is 0 Å². The van der Waals surface area contributed by atoms with Crippen LogP contribution in [0.5, 0.6) is 0 Å². The van der Waals surface area contributed by atoms with E-state index in [1.807, 2.05) is 18.2 Å². The molecular weight excluding hydrogens is 370 g/mol. The van der Waals surface area contributed by atoms with Gasteiger partial charge in [-0.2, -0.15) is 0 Å². The van der Waals surface area contributed by atoms with Gasteiger partial charge in [-0.15, -0.1) is 0 Å². The van der Waals surface area contributed by atoms with Gasteiger partial charge in [0.05, 0.1) is 0 Å². The van der Waals surface area contributed by atoms with Gasteiger partial charge in [-0.3, -0.25) is 29.5 Å². The molecule has 4 heterocycles. The molecule has 1 aromatic rings. The maximum absolute atomic E-state index is 13.2. The summed E-state index contributed by atoms with van der Waals surface area (Å²) < 4.78 is 0. The Morgan fingerprint density at radius 2 is 1.83 bits per heavy atom. The van der Waals surface area contributed by atoms with Crippen LogP contribution in [0.4, 0.5) is 0 Å². The number of benzene rings is 1. The molecule has 29 heavy (non-hydrogen) atoms. The van der Waals surface area contributed by atoms with Gasteiger partial charge in [0.2, 0.25) is 11.8 Å². The van der Waals surface area contributed by atoms with E-state index in [9.17, 15) is 14.4 Å². The number of amides is 3. The lowest BCUT2D eigenvalue weighted by molar-refractivity contribution is -0.136. The van der Waals surface area contributed by atoms with Gasteiger partial charge in [-0.05, 0) is 17.5 Å². The minimum atomic E-state index is -0.555. The minimum Gasteiger partial charge on any atom is -0.322 e. The number of carbonyl (C=O) groups excluding carboxylic acids is 3. The Labute approximate surface area is 170 Å². The van der Waals surface area contributed by atoms with Gasteiger partial charge in [0.15, 0.2) is 0 Å². The summed E-state index contributed by atoms with van der Waals surface area (Å²) in [6, 6.07) is 6.14. The summed E-state index contributed by atoms with van der Waals surface area (Å²) in [5.41, 5.74) is 2.78. The lowest BCUT2D eigenvalue weighted by atomic mass is 10.0. The van der Waals surface area contributed by atoms with Gasteiger partial charge in [0.25, 0.3) is 5.91 Å². The fourth-order valence-corrected chi connectivity index (χ4v) is 4.88. The van der Waals surface area contributed by atoms with E-state index in [0.717, 1.165) is 62.5 Å². The molecule has 8 nitrogen and oxygen atoms in total. The predicted octanol–water partition coefficient (Wildman–Crippen LogP) is -0.463. The zero-order valence-electron chi connectivity index (χ0n) is 16.5. The third-order valence-corrected chi connectivity index (χ3v) is 6.72. The SMILES string of the molecule is O=C1CCC(N2Cc3cccc(CN4CCN(C5CNC5)CC4)c3C2=O)C(=O)N1. The Morgan fingerprint density at radius 3 is 2.52 bits per heavy atom. The largest absolute Gasteiger partial charge is 0.322 e. The monoisotopic (exact) mass is 397 g/mol. The molecule has 3 fully saturated rings. The topological polar surface area (TPSA) is 85.0 Å². The second kappa shape index (κ2) is 7.51. The normalized spacial score (nSPS) is 26.4. The van der Waals surface area contributed by atoms with Crippen molar-refractivity contribution in [3.05, 3.63) is 34.9 Å². The van der Waals surface area contributed by atoms with Crippen molar-refractivity contribution in [3.8, 4) is 0 Å². The first kappa shape index (κ1) is 18.7. The van der Waals surface area contributed by atoms with Crippen molar-refractivity contribution in [2.45, 2.75) is 38.0 Å². The number of imide groups is 1. The van der Waals surface area contributed by atoms with E-state index in [1.54, 1.807) is 4.90 Å². The van der Waals surface area contributed by atoms with Gasteiger partial charge in [0, 0.05) is 70.4 Å². The number of fused-ring (bicyclic) bond motifs is 1. The molecule has 0 aliphatic carbocycles. The zero-order chi connectivity index (χ0) is 20.0. The van der Waals surface area contributed by atoms with Crippen LogP contribution in [0.25, 0.3) is 0 Å². The van der Waals surface area contributed by atoms with E-state index in [4.69, 9.17) is 0 Å². The molecule has 1 unspecified atom stereocenters. The van der Waals surface area contributed by atoms with Crippen molar-refractivity contribution in [3.63, 3.8) is 0 Å².